The largest absolute Gasteiger partial charge is 0.0843 e. The Balaban J connectivity index is 0.00000121. The third-order valence-electron chi connectivity index (χ3n) is 2.05. The third-order valence-corrected chi connectivity index (χ3v) is 2.30. The molecule has 0 aliphatic heterocycles. The molecule has 0 amide bonds. The third kappa shape index (κ3) is 2.90. The molecule has 2 heteroatoms. The molecule has 12 heavy (non-hydrogen) atoms. The predicted octanol–water partition coefficient (Wildman–Crippen LogP) is 2.40. The lowest BCUT2D eigenvalue weighted by atomic mass is 9.99. The van der Waals surface area contributed by atoms with Crippen molar-refractivity contribution in [1.82, 2.24) is 0 Å². The molecule has 1 unspecified atom stereocenters. The van der Waals surface area contributed by atoms with Gasteiger partial charge in [-0.05, 0) is 30.0 Å². The van der Waals surface area contributed by atoms with Gasteiger partial charge in [0.25, 0.3) is 0 Å². The van der Waals surface area contributed by atoms with Gasteiger partial charge < -0.3 is 0 Å². The Bertz CT molecular complexity index is 218. The Morgan fingerprint density at radius 3 is 2.17 bits per heavy atom. The van der Waals surface area contributed by atoms with E-state index in [1.165, 1.54) is 12.0 Å². The molecule has 0 aliphatic rings. The van der Waals surface area contributed by atoms with E-state index in [0.717, 1.165) is 5.02 Å². The van der Waals surface area contributed by atoms with E-state index in [9.17, 15) is 0 Å². The lowest BCUT2D eigenvalue weighted by Crippen LogP contribution is -1.89. The van der Waals surface area contributed by atoms with Gasteiger partial charge in [0.05, 0.1) is 0 Å². The average molecular weight is 184 g/mol. The monoisotopic (exact) mass is 183 g/mol. The summed E-state index contributed by atoms with van der Waals surface area (Å²) in [5, 5.41) is 0.817. The fourth-order valence-corrected chi connectivity index (χ4v) is 1.15. The summed E-state index contributed by atoms with van der Waals surface area (Å²) in [6.45, 7) is 4.42. The first kappa shape index (κ1) is 11.6. The standard InChI is InChI=1S/C10H13Cl.BH4/c1-3-8(2)9-4-6-10(11)7-5-9;/h4-8H,3H2,1-2H3;1H4/q;-1. The normalized spacial score (nSPS) is 11.9. The second kappa shape index (κ2) is 5.26. The van der Waals surface area contributed by atoms with Crippen molar-refractivity contribution in [2.45, 2.75) is 26.2 Å². The molecular formula is C10H17BCl-. The molecule has 0 spiro atoms. The van der Waals surface area contributed by atoms with Gasteiger partial charge in [0, 0.05) is 5.02 Å². The Labute approximate surface area is 81.5 Å². The fraction of sp³-hybridized carbons (Fsp3) is 0.400. The van der Waals surface area contributed by atoms with Crippen LogP contribution in [0.1, 0.15) is 31.7 Å². The quantitative estimate of drug-likeness (QED) is 0.618. The van der Waals surface area contributed by atoms with E-state index in [0.29, 0.717) is 5.92 Å². The van der Waals surface area contributed by atoms with Crippen molar-refractivity contribution in [1.29, 1.82) is 0 Å². The number of rotatable bonds is 2. The maximum absolute atomic E-state index is 5.76. The lowest BCUT2D eigenvalue weighted by Gasteiger charge is -2.07. The van der Waals surface area contributed by atoms with Crippen molar-refractivity contribution in [3.8, 4) is 0 Å². The minimum atomic E-state index is 0. The summed E-state index contributed by atoms with van der Waals surface area (Å²) >= 11 is 5.76. The van der Waals surface area contributed by atoms with E-state index in [4.69, 9.17) is 11.6 Å². The van der Waals surface area contributed by atoms with Gasteiger partial charge in [0.1, 0.15) is 0 Å². The Hall–Kier alpha value is -0.425. The van der Waals surface area contributed by atoms with Crippen LogP contribution in [0.3, 0.4) is 0 Å². The first-order valence-corrected chi connectivity index (χ1v) is 4.37. The van der Waals surface area contributed by atoms with Crippen LogP contribution in [0.4, 0.5) is 0 Å². The van der Waals surface area contributed by atoms with Gasteiger partial charge in [0.2, 0.25) is 0 Å². The van der Waals surface area contributed by atoms with E-state index < -0.39 is 0 Å². The molecule has 1 rings (SSSR count). The molecule has 0 aromatic heterocycles. The summed E-state index contributed by atoms with van der Waals surface area (Å²) < 4.78 is 0. The van der Waals surface area contributed by atoms with E-state index in [2.05, 4.69) is 26.0 Å². The zero-order valence-electron chi connectivity index (χ0n) is 6.97. The Morgan fingerprint density at radius 1 is 1.25 bits per heavy atom. The molecule has 1 aromatic rings. The second-order valence-corrected chi connectivity index (χ2v) is 3.30. The van der Waals surface area contributed by atoms with Crippen LogP contribution in [0, 0.1) is 0 Å². The van der Waals surface area contributed by atoms with Crippen molar-refractivity contribution in [3.05, 3.63) is 34.9 Å². The molecule has 1 atom stereocenters. The van der Waals surface area contributed by atoms with Crippen LogP contribution in [0.15, 0.2) is 24.3 Å². The Morgan fingerprint density at radius 2 is 1.75 bits per heavy atom. The first-order valence-electron chi connectivity index (χ1n) is 3.99. The van der Waals surface area contributed by atoms with E-state index in [1.807, 2.05) is 12.1 Å². The average Bonchev–Trinajstić information content (AvgIpc) is 2.05. The SMILES string of the molecule is CCC(C)c1ccc(Cl)cc1.[BH4-]. The topological polar surface area (TPSA) is 0 Å². The van der Waals surface area contributed by atoms with Gasteiger partial charge in [-0.2, -0.15) is 0 Å². The van der Waals surface area contributed by atoms with Gasteiger partial charge in [-0.25, -0.2) is 0 Å². The molecule has 0 bridgehead atoms. The maximum atomic E-state index is 5.76. The summed E-state index contributed by atoms with van der Waals surface area (Å²) in [5.74, 6) is 0.646. The summed E-state index contributed by atoms with van der Waals surface area (Å²) in [6, 6.07) is 8.08. The number of halogens is 1. The summed E-state index contributed by atoms with van der Waals surface area (Å²) in [5.41, 5.74) is 1.37. The molecule has 1 aromatic carbocycles. The highest BCUT2D eigenvalue weighted by molar-refractivity contribution is 6.30. The fourth-order valence-electron chi connectivity index (χ4n) is 1.03. The van der Waals surface area contributed by atoms with Crippen LogP contribution in [0.5, 0.6) is 0 Å². The molecule has 0 saturated heterocycles. The van der Waals surface area contributed by atoms with Crippen LogP contribution in [0.25, 0.3) is 0 Å². The highest BCUT2D eigenvalue weighted by Crippen LogP contribution is 2.20. The molecule has 0 heterocycles. The van der Waals surface area contributed by atoms with Crippen molar-refractivity contribution in [2.24, 2.45) is 0 Å². The lowest BCUT2D eigenvalue weighted by molar-refractivity contribution is 0.734. The van der Waals surface area contributed by atoms with Crippen molar-refractivity contribution < 1.29 is 0 Å². The summed E-state index contributed by atoms with van der Waals surface area (Å²) in [7, 11) is 0. The first-order chi connectivity index (χ1) is 5.24. The van der Waals surface area contributed by atoms with Crippen LogP contribution >= 0.6 is 11.6 Å². The minimum absolute atomic E-state index is 0. The molecule has 0 saturated carbocycles. The number of hydrogen-bond donors (Lipinski definition) is 0. The van der Waals surface area contributed by atoms with Gasteiger partial charge in [-0.3, -0.25) is 0 Å². The molecule has 0 nitrogen and oxygen atoms in total. The highest BCUT2D eigenvalue weighted by Gasteiger charge is 2.00. The minimum Gasteiger partial charge on any atom is -0.0843 e. The smallest absolute Gasteiger partial charge is 0.0406 e. The number of hydrogen-bond acceptors (Lipinski definition) is 0. The van der Waals surface area contributed by atoms with Crippen molar-refractivity contribution in [2.75, 3.05) is 0 Å². The van der Waals surface area contributed by atoms with Gasteiger partial charge >= 0.3 is 0 Å². The zero-order valence-corrected chi connectivity index (χ0v) is 7.73. The van der Waals surface area contributed by atoms with Crippen LogP contribution in [-0.2, 0) is 0 Å². The van der Waals surface area contributed by atoms with E-state index in [-0.39, 0.29) is 8.41 Å². The van der Waals surface area contributed by atoms with Gasteiger partial charge in [-0.1, -0.05) is 46.0 Å². The van der Waals surface area contributed by atoms with Crippen molar-refractivity contribution in [3.63, 3.8) is 0 Å². The number of benzene rings is 1. The highest BCUT2D eigenvalue weighted by atomic mass is 35.5. The van der Waals surface area contributed by atoms with Crippen molar-refractivity contribution >= 4 is 20.0 Å². The van der Waals surface area contributed by atoms with E-state index >= 15 is 0 Å². The van der Waals surface area contributed by atoms with Gasteiger partial charge in [-0.15, -0.1) is 0 Å². The molecule has 0 fully saturated rings. The maximum Gasteiger partial charge on any atom is 0.0406 e. The molecule has 0 aliphatic carbocycles. The molecular weight excluding hydrogens is 166 g/mol. The molecule has 68 valence electrons. The zero-order chi connectivity index (χ0) is 8.27. The molecule has 0 radical (unpaired) electrons. The summed E-state index contributed by atoms with van der Waals surface area (Å²) in [4.78, 5) is 0. The molecule has 0 N–H and O–H groups in total. The second-order valence-electron chi connectivity index (χ2n) is 2.86. The van der Waals surface area contributed by atoms with Crippen LogP contribution in [-0.4, -0.2) is 8.41 Å². The summed E-state index contributed by atoms with van der Waals surface area (Å²) in [6.07, 6.45) is 1.18. The Kier molecular flexibility index (Phi) is 5.07. The van der Waals surface area contributed by atoms with Gasteiger partial charge in [0.15, 0.2) is 0 Å². The van der Waals surface area contributed by atoms with Crippen LogP contribution < -0.4 is 0 Å². The van der Waals surface area contributed by atoms with Crippen LogP contribution in [0.2, 0.25) is 5.02 Å². The van der Waals surface area contributed by atoms with E-state index in [1.54, 1.807) is 0 Å². The predicted molar refractivity (Wildman–Crippen MR) is 61.5 cm³/mol.